The van der Waals surface area contributed by atoms with Gasteiger partial charge in [0.2, 0.25) is 5.91 Å². The van der Waals surface area contributed by atoms with Crippen LogP contribution in [0.1, 0.15) is 51.9 Å². The first-order valence-electron chi connectivity index (χ1n) is 7.97. The Kier molecular flexibility index (Phi) is 5.04. The fourth-order valence-electron chi connectivity index (χ4n) is 3.42. The smallest absolute Gasteiger partial charge is 0.237 e. The van der Waals surface area contributed by atoms with Crippen LogP contribution in [0.2, 0.25) is 0 Å². The van der Waals surface area contributed by atoms with E-state index in [-0.39, 0.29) is 18.0 Å². The number of nitrogens with one attached hydrogen (secondary N) is 2. The van der Waals surface area contributed by atoms with Crippen molar-refractivity contribution in [2.75, 3.05) is 0 Å². The van der Waals surface area contributed by atoms with Gasteiger partial charge in [0.25, 0.3) is 0 Å². The number of aromatic nitrogens is 2. The Labute approximate surface area is 127 Å². The van der Waals surface area contributed by atoms with Gasteiger partial charge >= 0.3 is 0 Å². The van der Waals surface area contributed by atoms with Crippen LogP contribution in [0.15, 0.2) is 6.07 Å². The Morgan fingerprint density at radius 1 is 1.43 bits per heavy atom. The van der Waals surface area contributed by atoms with Gasteiger partial charge in [-0.15, -0.1) is 0 Å². The molecule has 2 N–H and O–H groups in total. The average molecular weight is 292 g/mol. The van der Waals surface area contributed by atoms with Gasteiger partial charge in [0, 0.05) is 30.2 Å². The van der Waals surface area contributed by atoms with Gasteiger partial charge in [-0.1, -0.05) is 0 Å². The lowest BCUT2D eigenvalue weighted by atomic mass is 10.1. The molecule has 0 saturated carbocycles. The summed E-state index contributed by atoms with van der Waals surface area (Å²) < 4.78 is 0. The predicted molar refractivity (Wildman–Crippen MR) is 84.1 cm³/mol. The number of carbonyl (C=O) groups excluding carboxylic acids is 1. The molecule has 1 aliphatic heterocycles. The second-order valence-corrected chi connectivity index (χ2v) is 6.55. The molecule has 1 fully saturated rings. The summed E-state index contributed by atoms with van der Waals surface area (Å²) in [4.78, 5) is 14.8. The maximum absolute atomic E-state index is 12.4. The molecule has 0 aromatic carbocycles. The molecule has 21 heavy (non-hydrogen) atoms. The molecule has 1 amide bonds. The molecular weight excluding hydrogens is 264 g/mol. The lowest BCUT2D eigenvalue weighted by Gasteiger charge is -2.32. The molecule has 5 heteroatoms. The number of H-pyrrole nitrogens is 1. The van der Waals surface area contributed by atoms with Gasteiger partial charge in [0.05, 0.1) is 11.7 Å². The zero-order chi connectivity index (χ0) is 15.6. The van der Waals surface area contributed by atoms with Crippen LogP contribution in [0.4, 0.5) is 0 Å². The number of likely N-dealkylation sites (tertiary alicyclic amines) is 1. The number of amides is 1. The number of rotatable bonds is 5. The van der Waals surface area contributed by atoms with Crippen molar-refractivity contribution in [3.63, 3.8) is 0 Å². The second kappa shape index (κ2) is 6.60. The maximum Gasteiger partial charge on any atom is 0.237 e. The van der Waals surface area contributed by atoms with Crippen molar-refractivity contribution >= 4 is 5.91 Å². The molecule has 4 unspecified atom stereocenters. The van der Waals surface area contributed by atoms with E-state index in [1.165, 1.54) is 12.8 Å². The number of hydrogen-bond donors (Lipinski definition) is 2. The quantitative estimate of drug-likeness (QED) is 0.873. The molecule has 2 rings (SSSR count). The fraction of sp³-hybridized carbons (Fsp3) is 0.750. The molecule has 0 bridgehead atoms. The highest BCUT2D eigenvalue weighted by Crippen LogP contribution is 2.25. The molecule has 0 radical (unpaired) electrons. The standard InChI is InChI=1S/C16H28N4O/c1-10(8-15-9-11(2)18-19-15)17-16(21)14(5)20-12(3)6-7-13(20)4/h9-10,12-14H,6-8H2,1-5H3,(H,17,21)(H,18,19). The number of nitrogens with zero attached hydrogens (tertiary/aromatic N) is 2. The van der Waals surface area contributed by atoms with E-state index < -0.39 is 0 Å². The van der Waals surface area contributed by atoms with Crippen molar-refractivity contribution < 1.29 is 4.79 Å². The Morgan fingerprint density at radius 2 is 2.05 bits per heavy atom. The number of hydrogen-bond acceptors (Lipinski definition) is 3. The predicted octanol–water partition coefficient (Wildman–Crippen LogP) is 2.03. The van der Waals surface area contributed by atoms with Crippen LogP contribution in [0.3, 0.4) is 0 Å². The highest BCUT2D eigenvalue weighted by Gasteiger charge is 2.34. The summed E-state index contributed by atoms with van der Waals surface area (Å²) >= 11 is 0. The summed E-state index contributed by atoms with van der Waals surface area (Å²) in [5.41, 5.74) is 2.05. The first-order valence-corrected chi connectivity index (χ1v) is 7.97. The van der Waals surface area contributed by atoms with Crippen molar-refractivity contribution in [2.24, 2.45) is 0 Å². The number of aryl methyl sites for hydroxylation is 1. The van der Waals surface area contributed by atoms with E-state index in [2.05, 4.69) is 34.3 Å². The zero-order valence-corrected chi connectivity index (χ0v) is 13.8. The van der Waals surface area contributed by atoms with E-state index in [4.69, 9.17) is 0 Å². The van der Waals surface area contributed by atoms with Crippen molar-refractivity contribution in [2.45, 2.75) is 78.0 Å². The van der Waals surface area contributed by atoms with Gasteiger partial charge in [-0.25, -0.2) is 0 Å². The van der Waals surface area contributed by atoms with Gasteiger partial charge in [0.1, 0.15) is 0 Å². The summed E-state index contributed by atoms with van der Waals surface area (Å²) in [6.45, 7) is 10.5. The van der Waals surface area contributed by atoms with Crippen molar-refractivity contribution in [3.05, 3.63) is 17.5 Å². The Morgan fingerprint density at radius 3 is 2.57 bits per heavy atom. The molecule has 2 heterocycles. The van der Waals surface area contributed by atoms with E-state index in [9.17, 15) is 4.79 Å². The monoisotopic (exact) mass is 292 g/mol. The number of aromatic amines is 1. The van der Waals surface area contributed by atoms with E-state index in [1.54, 1.807) is 0 Å². The van der Waals surface area contributed by atoms with Gasteiger partial charge in [-0.3, -0.25) is 14.8 Å². The molecule has 4 atom stereocenters. The third kappa shape index (κ3) is 3.84. The highest BCUT2D eigenvalue weighted by atomic mass is 16.2. The summed E-state index contributed by atoms with van der Waals surface area (Å²) in [5.74, 6) is 0.121. The molecule has 118 valence electrons. The zero-order valence-electron chi connectivity index (χ0n) is 13.8. The van der Waals surface area contributed by atoms with Crippen LogP contribution in [0, 0.1) is 6.92 Å². The molecule has 1 aliphatic rings. The fourth-order valence-corrected chi connectivity index (χ4v) is 3.42. The van der Waals surface area contributed by atoms with Gasteiger partial charge in [0.15, 0.2) is 0 Å². The molecule has 0 aliphatic carbocycles. The van der Waals surface area contributed by atoms with Gasteiger partial charge in [-0.2, -0.15) is 5.10 Å². The minimum atomic E-state index is -0.0686. The molecule has 5 nitrogen and oxygen atoms in total. The van der Waals surface area contributed by atoms with Crippen molar-refractivity contribution in [1.82, 2.24) is 20.4 Å². The van der Waals surface area contributed by atoms with Crippen LogP contribution in [0.5, 0.6) is 0 Å². The summed E-state index contributed by atoms with van der Waals surface area (Å²) in [6.07, 6.45) is 3.12. The minimum absolute atomic E-state index is 0.0686. The molecular formula is C16H28N4O. The minimum Gasteiger partial charge on any atom is -0.352 e. The number of carbonyl (C=O) groups is 1. The lowest BCUT2D eigenvalue weighted by Crippen LogP contribution is -2.51. The van der Waals surface area contributed by atoms with Crippen LogP contribution in [-0.4, -0.2) is 45.2 Å². The van der Waals surface area contributed by atoms with Crippen LogP contribution >= 0.6 is 0 Å². The normalized spacial score (nSPS) is 25.8. The van der Waals surface area contributed by atoms with E-state index >= 15 is 0 Å². The Bertz CT molecular complexity index is 474. The summed E-state index contributed by atoms with van der Waals surface area (Å²) in [7, 11) is 0. The van der Waals surface area contributed by atoms with E-state index in [0.29, 0.717) is 12.1 Å². The first kappa shape index (κ1) is 16.0. The average Bonchev–Trinajstić information content (AvgIpc) is 2.95. The largest absolute Gasteiger partial charge is 0.352 e. The van der Waals surface area contributed by atoms with Crippen LogP contribution < -0.4 is 5.32 Å². The summed E-state index contributed by atoms with van der Waals surface area (Å²) in [5, 5.41) is 10.3. The van der Waals surface area contributed by atoms with Crippen LogP contribution in [-0.2, 0) is 11.2 Å². The van der Waals surface area contributed by atoms with Crippen LogP contribution in [0.25, 0.3) is 0 Å². The lowest BCUT2D eigenvalue weighted by molar-refractivity contribution is -0.127. The molecule has 1 saturated heterocycles. The molecule has 1 aromatic heterocycles. The van der Waals surface area contributed by atoms with Gasteiger partial charge < -0.3 is 5.32 Å². The molecule has 0 spiro atoms. The van der Waals surface area contributed by atoms with Crippen molar-refractivity contribution in [3.8, 4) is 0 Å². The third-order valence-corrected chi connectivity index (χ3v) is 4.51. The summed E-state index contributed by atoms with van der Waals surface area (Å²) in [6, 6.07) is 3.03. The maximum atomic E-state index is 12.4. The van der Waals surface area contributed by atoms with E-state index in [1.807, 2.05) is 26.8 Å². The Balaban J connectivity index is 1.88. The van der Waals surface area contributed by atoms with Crippen molar-refractivity contribution in [1.29, 1.82) is 0 Å². The first-order chi connectivity index (χ1) is 9.88. The Hall–Kier alpha value is -1.36. The van der Waals surface area contributed by atoms with Gasteiger partial charge in [-0.05, 0) is 53.5 Å². The second-order valence-electron chi connectivity index (χ2n) is 6.55. The third-order valence-electron chi connectivity index (χ3n) is 4.51. The van der Waals surface area contributed by atoms with E-state index in [0.717, 1.165) is 17.8 Å². The topological polar surface area (TPSA) is 61.0 Å². The molecule has 1 aromatic rings. The SMILES string of the molecule is Cc1cc(CC(C)NC(=O)C(C)N2C(C)CCC2C)n[nH]1. The highest BCUT2D eigenvalue weighted by molar-refractivity contribution is 5.81.